The summed E-state index contributed by atoms with van der Waals surface area (Å²) in [5.74, 6) is 0.969. The molecular formula is C38H36F3N7O2. The second-order valence-electron chi connectivity index (χ2n) is 13.8. The van der Waals surface area contributed by atoms with E-state index in [1.165, 1.54) is 18.3 Å². The standard InChI is InChI=1S/C38H36F3N7O2/c1-5-25-28(40)12-11-23-9-7-10-26(31(23)25)33-32(41)34-27(18-43-33)35(46(4)20-29-37(3,21-42)14-16-48(29)30(49)6-2)45-36(44-34)50-22-38-13-8-15-47(38)19-24(39)17-38/h1,6-7,9-12,18,24,29H,2,8,13-17,19-20,22H2,3-4H3/t24-,29-,37?,38+/m1/s1. The van der Waals surface area contributed by atoms with Crippen LogP contribution in [0.1, 0.15) is 38.2 Å². The van der Waals surface area contributed by atoms with Crippen molar-refractivity contribution in [3.63, 3.8) is 0 Å². The average Bonchev–Trinajstić information content (AvgIpc) is 3.76. The zero-order valence-electron chi connectivity index (χ0n) is 27.9. The van der Waals surface area contributed by atoms with Crippen molar-refractivity contribution in [2.24, 2.45) is 5.41 Å². The monoisotopic (exact) mass is 679 g/mol. The number of terminal acetylenes is 1. The smallest absolute Gasteiger partial charge is 0.319 e. The number of likely N-dealkylation sites (N-methyl/N-ethyl adjacent to an activating group) is 1. The first kappa shape index (κ1) is 33.3. The number of pyridine rings is 1. The first-order valence-electron chi connectivity index (χ1n) is 16.6. The molecule has 50 heavy (non-hydrogen) atoms. The summed E-state index contributed by atoms with van der Waals surface area (Å²) in [6.45, 7) is 7.22. The van der Waals surface area contributed by atoms with E-state index in [0.717, 1.165) is 19.4 Å². The topological polar surface area (TPSA) is 98.5 Å². The maximum atomic E-state index is 16.9. The number of hydrogen-bond acceptors (Lipinski definition) is 8. The Bertz CT molecular complexity index is 2130. The number of likely N-dealkylation sites (tertiary alicyclic amines) is 1. The fourth-order valence-electron chi connectivity index (χ4n) is 8.08. The van der Waals surface area contributed by atoms with Gasteiger partial charge in [0.2, 0.25) is 5.91 Å². The highest BCUT2D eigenvalue weighted by atomic mass is 19.1. The molecule has 3 saturated heterocycles. The summed E-state index contributed by atoms with van der Waals surface area (Å²) < 4.78 is 52.6. The summed E-state index contributed by atoms with van der Waals surface area (Å²) in [6.07, 6.45) is 9.88. The molecule has 3 aliphatic heterocycles. The fraction of sp³-hybridized carbons (Fsp3) is 0.395. The molecule has 4 atom stereocenters. The van der Waals surface area contributed by atoms with Crippen LogP contribution in [-0.2, 0) is 4.79 Å². The first-order chi connectivity index (χ1) is 24.0. The number of carbonyl (C=O) groups is 1. The number of nitrogens with zero attached hydrogens (tertiary/aromatic N) is 7. The summed E-state index contributed by atoms with van der Waals surface area (Å²) in [4.78, 5) is 32.0. The number of fused-ring (bicyclic) bond motifs is 3. The van der Waals surface area contributed by atoms with E-state index in [1.807, 2.05) is 6.92 Å². The number of alkyl halides is 1. The molecule has 0 saturated carbocycles. The van der Waals surface area contributed by atoms with Crippen LogP contribution in [-0.4, -0.2) is 88.2 Å². The molecule has 0 N–H and O–H groups in total. The molecule has 0 radical (unpaired) electrons. The first-order valence-corrected chi connectivity index (χ1v) is 16.6. The van der Waals surface area contributed by atoms with Crippen LogP contribution in [0.2, 0.25) is 0 Å². The van der Waals surface area contributed by atoms with Gasteiger partial charge in [-0.15, -0.1) is 6.42 Å². The van der Waals surface area contributed by atoms with Crippen LogP contribution < -0.4 is 9.64 Å². The number of carbonyl (C=O) groups excluding carboxylic acids is 1. The van der Waals surface area contributed by atoms with Gasteiger partial charge in [-0.05, 0) is 50.3 Å². The van der Waals surface area contributed by atoms with Gasteiger partial charge in [-0.2, -0.15) is 15.2 Å². The second-order valence-corrected chi connectivity index (χ2v) is 13.8. The number of aromatic nitrogens is 3. The van der Waals surface area contributed by atoms with E-state index in [1.54, 1.807) is 41.1 Å². The van der Waals surface area contributed by atoms with Gasteiger partial charge >= 0.3 is 6.01 Å². The van der Waals surface area contributed by atoms with E-state index in [0.29, 0.717) is 42.3 Å². The second kappa shape index (κ2) is 12.6. The van der Waals surface area contributed by atoms with Crippen LogP contribution in [0, 0.1) is 40.7 Å². The molecule has 2 aromatic heterocycles. The Labute approximate surface area is 288 Å². The number of hydrogen-bond donors (Lipinski definition) is 0. The molecule has 3 fully saturated rings. The van der Waals surface area contributed by atoms with Gasteiger partial charge in [0.25, 0.3) is 0 Å². The number of rotatable bonds is 8. The quantitative estimate of drug-likeness (QED) is 0.170. The van der Waals surface area contributed by atoms with Crippen molar-refractivity contribution in [1.82, 2.24) is 24.8 Å². The maximum absolute atomic E-state index is 16.9. The largest absolute Gasteiger partial charge is 0.461 e. The van der Waals surface area contributed by atoms with Gasteiger partial charge in [-0.25, -0.2) is 13.2 Å². The average molecular weight is 680 g/mol. The van der Waals surface area contributed by atoms with Crippen LogP contribution in [0.15, 0.2) is 49.2 Å². The lowest BCUT2D eigenvalue weighted by Crippen LogP contribution is -2.47. The molecule has 256 valence electrons. The lowest BCUT2D eigenvalue weighted by atomic mass is 9.83. The van der Waals surface area contributed by atoms with Crippen molar-refractivity contribution in [3.05, 3.63) is 66.4 Å². The number of amides is 1. The van der Waals surface area contributed by atoms with Gasteiger partial charge in [0.05, 0.1) is 34.0 Å². The molecule has 9 nitrogen and oxygen atoms in total. The minimum atomic E-state index is -0.968. The lowest BCUT2D eigenvalue weighted by molar-refractivity contribution is -0.127. The van der Waals surface area contributed by atoms with E-state index >= 15 is 4.39 Å². The van der Waals surface area contributed by atoms with Gasteiger partial charge in [0, 0.05) is 50.2 Å². The Morgan fingerprint density at radius 1 is 1.24 bits per heavy atom. The third-order valence-corrected chi connectivity index (χ3v) is 10.8. The van der Waals surface area contributed by atoms with E-state index < -0.39 is 34.8 Å². The minimum absolute atomic E-state index is 0.00892. The molecule has 1 unspecified atom stereocenters. The fourth-order valence-corrected chi connectivity index (χ4v) is 8.08. The molecule has 2 aromatic carbocycles. The van der Waals surface area contributed by atoms with Crippen molar-refractivity contribution in [2.45, 2.75) is 50.4 Å². The number of anilines is 1. The highest BCUT2D eigenvalue weighted by molar-refractivity contribution is 6.02. The Balaban J connectivity index is 1.35. The van der Waals surface area contributed by atoms with Gasteiger partial charge in [-0.3, -0.25) is 14.7 Å². The van der Waals surface area contributed by atoms with Crippen LogP contribution in [0.5, 0.6) is 6.01 Å². The van der Waals surface area contributed by atoms with Crippen LogP contribution in [0.25, 0.3) is 32.9 Å². The van der Waals surface area contributed by atoms with Crippen molar-refractivity contribution in [1.29, 1.82) is 5.26 Å². The number of ether oxygens (including phenoxy) is 1. The molecule has 12 heteroatoms. The Morgan fingerprint density at radius 2 is 2.06 bits per heavy atom. The predicted molar refractivity (Wildman–Crippen MR) is 184 cm³/mol. The maximum Gasteiger partial charge on any atom is 0.319 e. The molecule has 0 spiro atoms. The van der Waals surface area contributed by atoms with E-state index in [9.17, 15) is 18.8 Å². The van der Waals surface area contributed by atoms with Crippen LogP contribution in [0.3, 0.4) is 0 Å². The van der Waals surface area contributed by atoms with Gasteiger partial charge in [0.15, 0.2) is 5.82 Å². The molecule has 0 aliphatic carbocycles. The number of halogens is 3. The van der Waals surface area contributed by atoms with Crippen molar-refractivity contribution in [2.75, 3.05) is 44.7 Å². The number of nitriles is 1. The summed E-state index contributed by atoms with van der Waals surface area (Å²) in [6, 6.07) is 9.68. The molecule has 5 heterocycles. The van der Waals surface area contributed by atoms with E-state index in [-0.39, 0.29) is 53.0 Å². The SMILES string of the molecule is C#Cc1c(F)ccc2cccc(-c3ncc4c(N(C)C[C@H]5N(C(=O)C=C)CCC5(C)C#N)nc(OC[C@@]56CCCN5C[C@H](F)C6)nc4c3F)c12. The predicted octanol–water partition coefficient (Wildman–Crippen LogP) is 5.81. The van der Waals surface area contributed by atoms with Crippen LogP contribution in [0.4, 0.5) is 19.0 Å². The Morgan fingerprint density at radius 3 is 2.82 bits per heavy atom. The van der Waals surface area contributed by atoms with Gasteiger partial charge < -0.3 is 14.5 Å². The third-order valence-electron chi connectivity index (χ3n) is 10.8. The molecule has 4 aromatic rings. The lowest BCUT2D eigenvalue weighted by Gasteiger charge is -2.34. The Hall–Kier alpha value is -5.20. The number of benzene rings is 2. The summed E-state index contributed by atoms with van der Waals surface area (Å²) in [5.41, 5.74) is -1.27. The molecule has 3 aliphatic rings. The summed E-state index contributed by atoms with van der Waals surface area (Å²) in [5, 5.41) is 11.4. The van der Waals surface area contributed by atoms with Crippen LogP contribution >= 0.6 is 0 Å². The normalized spacial score (nSPS) is 24.7. The summed E-state index contributed by atoms with van der Waals surface area (Å²) in [7, 11) is 1.73. The summed E-state index contributed by atoms with van der Waals surface area (Å²) >= 11 is 0. The van der Waals surface area contributed by atoms with Crippen molar-refractivity contribution < 1.29 is 22.7 Å². The zero-order chi connectivity index (χ0) is 35.4. The molecule has 1 amide bonds. The highest BCUT2D eigenvalue weighted by Crippen LogP contribution is 2.42. The zero-order valence-corrected chi connectivity index (χ0v) is 27.9. The van der Waals surface area contributed by atoms with Gasteiger partial charge in [-0.1, -0.05) is 36.8 Å². The van der Waals surface area contributed by atoms with Gasteiger partial charge in [0.1, 0.15) is 35.6 Å². The minimum Gasteiger partial charge on any atom is -0.461 e. The van der Waals surface area contributed by atoms with E-state index in [4.69, 9.17) is 16.1 Å². The highest BCUT2D eigenvalue weighted by Gasteiger charge is 2.50. The van der Waals surface area contributed by atoms with Crippen molar-refractivity contribution >= 4 is 33.4 Å². The molecular weight excluding hydrogens is 643 g/mol. The van der Waals surface area contributed by atoms with E-state index in [2.05, 4.69) is 33.4 Å². The van der Waals surface area contributed by atoms with Crippen molar-refractivity contribution in [3.8, 4) is 35.7 Å². The Kier molecular flexibility index (Phi) is 8.39. The molecule has 0 bridgehead atoms. The molecule has 7 rings (SSSR count). The third kappa shape index (κ3) is 5.39.